The maximum Gasteiger partial charge on any atom is 0.354 e. The van der Waals surface area contributed by atoms with Gasteiger partial charge in [0, 0.05) is 34.4 Å². The van der Waals surface area contributed by atoms with Crippen molar-refractivity contribution in [2.45, 2.75) is 38.5 Å². The van der Waals surface area contributed by atoms with Gasteiger partial charge in [-0.1, -0.05) is 16.3 Å². The number of unbranched alkanes of at least 4 members (excludes halogenated alkanes) is 4. The molecule has 11 heteroatoms. The highest BCUT2D eigenvalue weighted by Crippen LogP contribution is 2.32. The SMILES string of the molecule is [N-]=[N+]=NCCCCCOc1cc(C(=O)O)nc2c(OCCCCCN=[N+]=[N-])cccc12. The Labute approximate surface area is 179 Å². The minimum absolute atomic E-state index is 0.115. The first-order valence-corrected chi connectivity index (χ1v) is 10.1. The molecule has 2 rings (SSSR count). The first kappa shape index (κ1) is 23.6. The van der Waals surface area contributed by atoms with E-state index in [9.17, 15) is 9.90 Å². The largest absolute Gasteiger partial charge is 0.493 e. The Kier molecular flexibility index (Phi) is 10.3. The van der Waals surface area contributed by atoms with Gasteiger partial charge in [0.1, 0.15) is 17.0 Å². The van der Waals surface area contributed by atoms with Crippen LogP contribution in [-0.2, 0) is 0 Å². The van der Waals surface area contributed by atoms with Crippen LogP contribution < -0.4 is 9.47 Å². The monoisotopic (exact) mass is 427 g/mol. The van der Waals surface area contributed by atoms with Crippen LogP contribution in [0, 0.1) is 0 Å². The number of ether oxygens (including phenoxy) is 2. The molecule has 0 unspecified atom stereocenters. The average molecular weight is 427 g/mol. The summed E-state index contributed by atoms with van der Waals surface area (Å²) in [6.07, 6.45) is 4.76. The molecule has 11 nitrogen and oxygen atoms in total. The summed E-state index contributed by atoms with van der Waals surface area (Å²) in [7, 11) is 0. The molecule has 0 fully saturated rings. The van der Waals surface area contributed by atoms with E-state index in [1.807, 2.05) is 12.1 Å². The molecule has 0 aliphatic carbocycles. The summed E-state index contributed by atoms with van der Waals surface area (Å²) in [6, 6.07) is 6.80. The van der Waals surface area contributed by atoms with Crippen molar-refractivity contribution in [2.75, 3.05) is 26.3 Å². The van der Waals surface area contributed by atoms with Crippen molar-refractivity contribution < 1.29 is 19.4 Å². The third-order valence-corrected chi connectivity index (χ3v) is 4.43. The second kappa shape index (κ2) is 13.5. The number of para-hydroxylation sites is 1. The van der Waals surface area contributed by atoms with Crippen molar-refractivity contribution in [1.82, 2.24) is 4.98 Å². The van der Waals surface area contributed by atoms with E-state index in [1.54, 1.807) is 6.07 Å². The smallest absolute Gasteiger partial charge is 0.354 e. The normalized spacial score (nSPS) is 10.2. The van der Waals surface area contributed by atoms with Crippen LogP contribution >= 0.6 is 0 Å². The van der Waals surface area contributed by atoms with Crippen LogP contribution in [0.3, 0.4) is 0 Å². The number of hydrogen-bond donors (Lipinski definition) is 1. The molecule has 0 amide bonds. The standard InChI is InChI=1S/C20H25N7O4/c21-26-23-10-3-1-5-12-30-17-9-7-8-15-18(14-16(20(28)29)25-19(15)17)31-13-6-2-4-11-24-27-22/h7-9,14H,1-6,10-13H2,(H,28,29). The van der Waals surface area contributed by atoms with Crippen LogP contribution in [-0.4, -0.2) is 42.4 Å². The van der Waals surface area contributed by atoms with Crippen molar-refractivity contribution in [3.05, 3.63) is 50.8 Å². The average Bonchev–Trinajstić information content (AvgIpc) is 2.77. The van der Waals surface area contributed by atoms with Gasteiger partial charge >= 0.3 is 5.97 Å². The zero-order valence-corrected chi connectivity index (χ0v) is 17.2. The molecule has 0 spiro atoms. The minimum atomic E-state index is -1.14. The number of carboxylic acids is 1. The van der Waals surface area contributed by atoms with Crippen molar-refractivity contribution in [3.63, 3.8) is 0 Å². The Bertz CT molecular complexity index is 969. The van der Waals surface area contributed by atoms with E-state index in [0.29, 0.717) is 48.7 Å². The Morgan fingerprint density at radius 3 is 2.13 bits per heavy atom. The number of nitrogens with zero attached hydrogens (tertiary/aromatic N) is 7. The molecule has 0 atom stereocenters. The summed E-state index contributed by atoms with van der Waals surface area (Å²) >= 11 is 0. The molecule has 1 aromatic carbocycles. The lowest BCUT2D eigenvalue weighted by atomic mass is 10.1. The molecule has 0 bridgehead atoms. The Morgan fingerprint density at radius 1 is 0.935 bits per heavy atom. The summed E-state index contributed by atoms with van der Waals surface area (Å²) in [6.45, 7) is 1.76. The third kappa shape index (κ3) is 7.93. The second-order valence-electron chi connectivity index (χ2n) is 6.69. The minimum Gasteiger partial charge on any atom is -0.493 e. The van der Waals surface area contributed by atoms with Crippen molar-refractivity contribution in [1.29, 1.82) is 0 Å². The Hall–Kier alpha value is -3.68. The maximum atomic E-state index is 11.5. The quantitative estimate of drug-likeness (QED) is 0.167. The lowest BCUT2D eigenvalue weighted by Gasteiger charge is -2.13. The van der Waals surface area contributed by atoms with Crippen LogP contribution in [0.2, 0.25) is 0 Å². The molecule has 0 radical (unpaired) electrons. The van der Waals surface area contributed by atoms with Crippen LogP contribution in [0.1, 0.15) is 49.0 Å². The first-order valence-electron chi connectivity index (χ1n) is 10.1. The first-order chi connectivity index (χ1) is 15.2. The number of benzene rings is 1. The molecule has 1 aromatic heterocycles. The van der Waals surface area contributed by atoms with Gasteiger partial charge in [0.2, 0.25) is 0 Å². The van der Waals surface area contributed by atoms with E-state index in [2.05, 4.69) is 25.0 Å². The molecule has 1 N–H and O–H groups in total. The van der Waals surface area contributed by atoms with Gasteiger partial charge < -0.3 is 14.6 Å². The summed E-state index contributed by atoms with van der Waals surface area (Å²) in [5.74, 6) is -0.207. The number of hydrogen-bond acceptors (Lipinski definition) is 6. The van der Waals surface area contributed by atoms with E-state index in [1.165, 1.54) is 6.07 Å². The summed E-state index contributed by atoms with van der Waals surface area (Å²) < 4.78 is 11.7. The predicted molar refractivity (Wildman–Crippen MR) is 115 cm³/mol. The van der Waals surface area contributed by atoms with Crippen LogP contribution in [0.5, 0.6) is 11.5 Å². The molecule has 31 heavy (non-hydrogen) atoms. The van der Waals surface area contributed by atoms with Gasteiger partial charge in [0.15, 0.2) is 5.69 Å². The van der Waals surface area contributed by atoms with Crippen molar-refractivity contribution in [2.24, 2.45) is 10.2 Å². The fraction of sp³-hybridized carbons (Fsp3) is 0.500. The number of fused-ring (bicyclic) bond motifs is 1. The molecule has 2 aromatic rings. The van der Waals surface area contributed by atoms with Crippen LogP contribution in [0.15, 0.2) is 34.5 Å². The highest BCUT2D eigenvalue weighted by atomic mass is 16.5. The number of aromatic nitrogens is 1. The van der Waals surface area contributed by atoms with Crippen LogP contribution in [0.4, 0.5) is 0 Å². The maximum absolute atomic E-state index is 11.5. The zero-order chi connectivity index (χ0) is 22.3. The lowest BCUT2D eigenvalue weighted by molar-refractivity contribution is 0.0690. The van der Waals surface area contributed by atoms with Gasteiger partial charge in [-0.2, -0.15) is 0 Å². The topological polar surface area (TPSA) is 166 Å². The molecule has 0 saturated carbocycles. The third-order valence-electron chi connectivity index (χ3n) is 4.43. The number of pyridine rings is 1. The fourth-order valence-corrected chi connectivity index (χ4v) is 2.91. The van der Waals surface area contributed by atoms with E-state index in [4.69, 9.17) is 20.5 Å². The molecule has 1 heterocycles. The Morgan fingerprint density at radius 2 is 1.55 bits per heavy atom. The molecule has 164 valence electrons. The van der Waals surface area contributed by atoms with E-state index < -0.39 is 5.97 Å². The summed E-state index contributed by atoms with van der Waals surface area (Å²) in [5.41, 5.74) is 16.9. The molecular formula is C20H25N7O4. The van der Waals surface area contributed by atoms with Crippen molar-refractivity contribution in [3.8, 4) is 11.5 Å². The van der Waals surface area contributed by atoms with Gasteiger partial charge in [-0.3, -0.25) is 0 Å². The lowest BCUT2D eigenvalue weighted by Crippen LogP contribution is -2.06. The fourth-order valence-electron chi connectivity index (χ4n) is 2.91. The summed E-state index contributed by atoms with van der Waals surface area (Å²) in [5, 5.41) is 17.1. The molecule has 0 saturated heterocycles. The molecular weight excluding hydrogens is 402 g/mol. The number of carboxylic acid groups (broad SMARTS) is 1. The van der Waals surface area contributed by atoms with Gasteiger partial charge in [-0.15, -0.1) is 0 Å². The molecule has 0 aliphatic heterocycles. The number of azide groups is 2. The zero-order valence-electron chi connectivity index (χ0n) is 17.2. The molecule has 0 aliphatic rings. The second-order valence-corrected chi connectivity index (χ2v) is 6.69. The van der Waals surface area contributed by atoms with Crippen molar-refractivity contribution >= 4 is 16.9 Å². The van der Waals surface area contributed by atoms with E-state index in [0.717, 1.165) is 38.5 Å². The predicted octanol–water partition coefficient (Wildman–Crippen LogP) is 5.65. The highest BCUT2D eigenvalue weighted by molar-refractivity contribution is 5.95. The van der Waals surface area contributed by atoms with E-state index in [-0.39, 0.29) is 5.69 Å². The van der Waals surface area contributed by atoms with Gasteiger partial charge in [0.25, 0.3) is 0 Å². The van der Waals surface area contributed by atoms with Gasteiger partial charge in [-0.25, -0.2) is 9.78 Å². The highest BCUT2D eigenvalue weighted by Gasteiger charge is 2.15. The van der Waals surface area contributed by atoms with Crippen LogP contribution in [0.25, 0.3) is 31.8 Å². The number of aromatic carboxylic acids is 1. The summed E-state index contributed by atoms with van der Waals surface area (Å²) in [4.78, 5) is 21.2. The van der Waals surface area contributed by atoms with E-state index >= 15 is 0 Å². The number of rotatable bonds is 15. The number of carbonyl (C=O) groups is 1. The Balaban J connectivity index is 2.05. The van der Waals surface area contributed by atoms with Gasteiger partial charge in [-0.05, 0) is 61.7 Å². The van der Waals surface area contributed by atoms with Gasteiger partial charge in [0.05, 0.1) is 13.2 Å².